The predicted molar refractivity (Wildman–Crippen MR) is 98.0 cm³/mol. The lowest BCUT2D eigenvalue weighted by atomic mass is 10.1. The van der Waals surface area contributed by atoms with Gasteiger partial charge in [-0.25, -0.2) is 4.79 Å². The van der Waals surface area contributed by atoms with E-state index >= 15 is 0 Å². The molecule has 0 saturated carbocycles. The van der Waals surface area contributed by atoms with E-state index in [9.17, 15) is 4.79 Å². The van der Waals surface area contributed by atoms with Crippen LogP contribution in [-0.4, -0.2) is 20.9 Å². The quantitative estimate of drug-likeness (QED) is 0.308. The second-order valence-corrected chi connectivity index (χ2v) is 9.81. The highest BCUT2D eigenvalue weighted by Gasteiger charge is 2.27. The largest absolute Gasteiger partial charge is 0.543 e. The van der Waals surface area contributed by atoms with E-state index < -0.39 is 8.32 Å². The molecule has 0 unspecified atom stereocenters. The first-order valence-electron chi connectivity index (χ1n) is 8.11. The minimum atomic E-state index is -1.93. The lowest BCUT2D eigenvalue weighted by Gasteiger charge is -2.26. The van der Waals surface area contributed by atoms with E-state index in [1.165, 1.54) is 16.8 Å². The van der Waals surface area contributed by atoms with Gasteiger partial charge in [0.1, 0.15) is 0 Å². The first-order chi connectivity index (χ1) is 10.9. The van der Waals surface area contributed by atoms with Gasteiger partial charge in [0.05, 0.1) is 12.4 Å². The summed E-state index contributed by atoms with van der Waals surface area (Å²) in [7, 11) is -1.93. The summed E-state index contributed by atoms with van der Waals surface area (Å²) in [5.74, 6) is 0.717. The number of carbonyl (C=O) groups is 1. The lowest BCUT2D eigenvalue weighted by molar-refractivity contribution is -0.137. The van der Waals surface area contributed by atoms with Crippen molar-refractivity contribution in [3.63, 3.8) is 0 Å². The molecule has 0 amide bonds. The third-order valence-electron chi connectivity index (χ3n) is 3.70. The van der Waals surface area contributed by atoms with E-state index in [2.05, 4.69) is 44.3 Å². The van der Waals surface area contributed by atoms with Crippen molar-refractivity contribution >= 4 is 19.5 Å². The zero-order valence-corrected chi connectivity index (χ0v) is 15.9. The van der Waals surface area contributed by atoms with Gasteiger partial charge in [0.25, 0.3) is 8.32 Å². The second kappa shape index (κ2) is 9.35. The SMILES string of the molecule is CCOC(=O)/C=C/CC/C(C)=C(\C)O[Si](C)(C)c1ccccc1. The van der Waals surface area contributed by atoms with Crippen LogP contribution >= 0.6 is 0 Å². The van der Waals surface area contributed by atoms with Crippen LogP contribution in [0.15, 0.2) is 53.8 Å². The van der Waals surface area contributed by atoms with Gasteiger partial charge in [-0.05, 0) is 57.5 Å². The molecule has 0 aliphatic carbocycles. The van der Waals surface area contributed by atoms with Gasteiger partial charge in [0.2, 0.25) is 0 Å². The summed E-state index contributed by atoms with van der Waals surface area (Å²) in [4.78, 5) is 11.2. The van der Waals surface area contributed by atoms with Crippen LogP contribution in [0.25, 0.3) is 0 Å². The van der Waals surface area contributed by atoms with Crippen LogP contribution in [0.2, 0.25) is 13.1 Å². The Morgan fingerprint density at radius 2 is 1.83 bits per heavy atom. The average Bonchev–Trinajstić information content (AvgIpc) is 2.52. The third kappa shape index (κ3) is 6.87. The Morgan fingerprint density at radius 3 is 2.43 bits per heavy atom. The minimum Gasteiger partial charge on any atom is -0.543 e. The fraction of sp³-hybridized carbons (Fsp3) is 0.421. The maximum atomic E-state index is 11.2. The van der Waals surface area contributed by atoms with Crippen molar-refractivity contribution in [1.29, 1.82) is 0 Å². The summed E-state index contributed by atoms with van der Waals surface area (Å²) in [5.41, 5.74) is 1.22. The molecule has 1 rings (SSSR count). The lowest BCUT2D eigenvalue weighted by Crippen LogP contribution is -2.44. The summed E-state index contributed by atoms with van der Waals surface area (Å²) in [6.07, 6.45) is 5.03. The summed E-state index contributed by atoms with van der Waals surface area (Å²) in [6.45, 7) is 10.7. The van der Waals surface area contributed by atoms with Gasteiger partial charge in [-0.15, -0.1) is 0 Å². The molecule has 0 heterocycles. The van der Waals surface area contributed by atoms with Crippen molar-refractivity contribution in [2.24, 2.45) is 0 Å². The van der Waals surface area contributed by atoms with E-state index in [0.29, 0.717) is 6.61 Å². The fourth-order valence-corrected chi connectivity index (χ4v) is 4.27. The molecule has 0 aliphatic heterocycles. The number of allylic oxidation sites excluding steroid dienone is 3. The smallest absolute Gasteiger partial charge is 0.330 e. The molecule has 4 heteroatoms. The van der Waals surface area contributed by atoms with Crippen LogP contribution in [-0.2, 0) is 14.0 Å². The van der Waals surface area contributed by atoms with Crippen LogP contribution in [0.1, 0.15) is 33.6 Å². The van der Waals surface area contributed by atoms with Crippen LogP contribution < -0.4 is 5.19 Å². The fourth-order valence-electron chi connectivity index (χ4n) is 2.21. The van der Waals surface area contributed by atoms with Gasteiger partial charge < -0.3 is 9.16 Å². The number of benzene rings is 1. The normalized spacial score (nSPS) is 12.9. The first-order valence-corrected chi connectivity index (χ1v) is 11.0. The molecule has 0 fully saturated rings. The Morgan fingerprint density at radius 1 is 1.17 bits per heavy atom. The highest BCUT2D eigenvalue weighted by Crippen LogP contribution is 2.17. The highest BCUT2D eigenvalue weighted by molar-refractivity contribution is 6.84. The Labute approximate surface area is 141 Å². The maximum absolute atomic E-state index is 11.2. The summed E-state index contributed by atoms with van der Waals surface area (Å²) < 4.78 is 11.2. The zero-order chi connectivity index (χ0) is 17.3. The van der Waals surface area contributed by atoms with Gasteiger partial charge in [-0.3, -0.25) is 0 Å². The van der Waals surface area contributed by atoms with Crippen molar-refractivity contribution in [2.45, 2.75) is 46.7 Å². The molecule has 0 atom stereocenters. The van der Waals surface area contributed by atoms with Gasteiger partial charge in [0, 0.05) is 6.08 Å². The second-order valence-electron chi connectivity index (χ2n) is 6.01. The van der Waals surface area contributed by atoms with E-state index in [0.717, 1.165) is 18.6 Å². The van der Waals surface area contributed by atoms with Crippen LogP contribution in [0.5, 0.6) is 0 Å². The van der Waals surface area contributed by atoms with Gasteiger partial charge in [-0.2, -0.15) is 0 Å². The molecule has 0 aliphatic rings. The van der Waals surface area contributed by atoms with E-state index in [-0.39, 0.29) is 5.97 Å². The molecule has 0 aromatic heterocycles. The average molecular weight is 333 g/mol. The van der Waals surface area contributed by atoms with Crippen molar-refractivity contribution in [1.82, 2.24) is 0 Å². The number of hydrogen-bond donors (Lipinski definition) is 0. The molecule has 1 aromatic rings. The molecule has 0 N–H and O–H groups in total. The Bertz CT molecular complexity index is 559. The number of hydrogen-bond acceptors (Lipinski definition) is 3. The van der Waals surface area contributed by atoms with E-state index in [1.807, 2.05) is 19.1 Å². The predicted octanol–water partition coefficient (Wildman–Crippen LogP) is 4.31. The van der Waals surface area contributed by atoms with E-state index in [4.69, 9.17) is 9.16 Å². The van der Waals surface area contributed by atoms with Crippen LogP contribution in [0.3, 0.4) is 0 Å². The number of rotatable bonds is 8. The summed E-state index contributed by atoms with van der Waals surface area (Å²) in [6, 6.07) is 10.4. The monoisotopic (exact) mass is 332 g/mol. The molecular weight excluding hydrogens is 304 g/mol. The minimum absolute atomic E-state index is 0.278. The number of ether oxygens (including phenoxy) is 1. The molecule has 1 aromatic carbocycles. The van der Waals surface area contributed by atoms with Gasteiger partial charge >= 0.3 is 5.97 Å². The van der Waals surface area contributed by atoms with Gasteiger partial charge in [-0.1, -0.05) is 36.4 Å². The maximum Gasteiger partial charge on any atom is 0.330 e. The van der Waals surface area contributed by atoms with Crippen LogP contribution in [0.4, 0.5) is 0 Å². The Hall–Kier alpha value is -1.81. The Kier molecular flexibility index (Phi) is 7.82. The molecule has 0 saturated heterocycles. The molecule has 0 radical (unpaired) electrons. The first kappa shape index (κ1) is 19.2. The highest BCUT2D eigenvalue weighted by atomic mass is 28.4. The topological polar surface area (TPSA) is 35.5 Å². The van der Waals surface area contributed by atoms with Crippen molar-refractivity contribution in [3.8, 4) is 0 Å². The third-order valence-corrected chi connectivity index (χ3v) is 6.25. The number of esters is 1. The molecule has 0 spiro atoms. The van der Waals surface area contributed by atoms with E-state index in [1.54, 1.807) is 6.92 Å². The number of carbonyl (C=O) groups excluding carboxylic acids is 1. The van der Waals surface area contributed by atoms with Crippen molar-refractivity contribution in [3.05, 3.63) is 53.8 Å². The molecule has 3 nitrogen and oxygen atoms in total. The van der Waals surface area contributed by atoms with Crippen molar-refractivity contribution < 1.29 is 14.0 Å². The molecule has 0 bridgehead atoms. The molecule has 126 valence electrons. The summed E-state index contributed by atoms with van der Waals surface area (Å²) >= 11 is 0. The standard InChI is InChI=1S/C19H28O3Si/c1-6-21-19(20)15-11-10-12-16(2)17(3)22-23(4,5)18-13-8-7-9-14-18/h7-9,11,13-15H,6,10,12H2,1-5H3/b15-11+,17-16+. The molecular formula is C19H28O3Si. The Balaban J connectivity index is 2.59. The molecule has 23 heavy (non-hydrogen) atoms. The summed E-state index contributed by atoms with van der Waals surface area (Å²) in [5, 5.41) is 1.29. The van der Waals surface area contributed by atoms with Crippen LogP contribution in [0, 0.1) is 0 Å². The zero-order valence-electron chi connectivity index (χ0n) is 14.9. The van der Waals surface area contributed by atoms with Crippen molar-refractivity contribution in [2.75, 3.05) is 6.61 Å². The van der Waals surface area contributed by atoms with Gasteiger partial charge in [0.15, 0.2) is 0 Å².